The highest BCUT2D eigenvalue weighted by Gasteiger charge is 2.40. The molecular weight excluding hydrogens is 448 g/mol. The summed E-state index contributed by atoms with van der Waals surface area (Å²) in [5.41, 5.74) is -0.735. The van der Waals surface area contributed by atoms with Gasteiger partial charge in [-0.25, -0.2) is 9.29 Å². The maximum Gasteiger partial charge on any atom is 0.416 e. The van der Waals surface area contributed by atoms with Crippen molar-refractivity contribution in [3.63, 3.8) is 0 Å². The maximum absolute atomic E-state index is 13.3. The molecule has 4 nitrogen and oxygen atoms in total. The Morgan fingerprint density at radius 1 is 0.844 bits per heavy atom. The standard InChI is InChI=1S/C23H13ClF4N2O2/c24-15-6-4-13(5-7-15)19-20(29-17-3-1-2-14(12-17)23(26,27)28)22(32)30(21(19)31)18-10-8-16(25)9-11-18/h1-12,29H. The minimum Gasteiger partial charge on any atom is -0.350 e. The molecule has 0 fully saturated rings. The molecule has 3 aromatic carbocycles. The van der Waals surface area contributed by atoms with Crippen LogP contribution in [-0.2, 0) is 15.8 Å². The van der Waals surface area contributed by atoms with E-state index in [9.17, 15) is 27.2 Å². The van der Waals surface area contributed by atoms with E-state index in [2.05, 4.69) is 5.32 Å². The molecule has 1 aliphatic rings. The van der Waals surface area contributed by atoms with Gasteiger partial charge in [-0.3, -0.25) is 9.59 Å². The maximum atomic E-state index is 13.3. The number of anilines is 2. The van der Waals surface area contributed by atoms with Gasteiger partial charge in [-0.15, -0.1) is 0 Å². The summed E-state index contributed by atoms with van der Waals surface area (Å²) in [6.45, 7) is 0. The number of benzene rings is 3. The molecule has 0 aliphatic carbocycles. The van der Waals surface area contributed by atoms with Crippen molar-refractivity contribution in [2.75, 3.05) is 10.2 Å². The zero-order valence-corrected chi connectivity index (χ0v) is 16.8. The van der Waals surface area contributed by atoms with Crippen molar-refractivity contribution in [2.45, 2.75) is 6.18 Å². The number of nitrogens with one attached hydrogen (secondary N) is 1. The zero-order chi connectivity index (χ0) is 23.0. The molecule has 0 aromatic heterocycles. The van der Waals surface area contributed by atoms with E-state index >= 15 is 0 Å². The van der Waals surface area contributed by atoms with E-state index in [1.807, 2.05) is 0 Å². The second-order valence-corrected chi connectivity index (χ2v) is 7.32. The lowest BCUT2D eigenvalue weighted by Crippen LogP contribution is -2.32. The van der Waals surface area contributed by atoms with E-state index < -0.39 is 29.4 Å². The molecule has 1 N–H and O–H groups in total. The first kappa shape index (κ1) is 21.6. The van der Waals surface area contributed by atoms with Crippen molar-refractivity contribution >= 4 is 40.4 Å². The van der Waals surface area contributed by atoms with Gasteiger partial charge in [-0.1, -0.05) is 29.8 Å². The van der Waals surface area contributed by atoms with Crippen LogP contribution in [-0.4, -0.2) is 11.8 Å². The lowest BCUT2D eigenvalue weighted by molar-refractivity contribution is -0.137. The highest BCUT2D eigenvalue weighted by atomic mass is 35.5. The first-order valence-corrected chi connectivity index (χ1v) is 9.62. The number of hydrogen-bond donors (Lipinski definition) is 1. The van der Waals surface area contributed by atoms with Gasteiger partial charge in [0, 0.05) is 10.7 Å². The summed E-state index contributed by atoms with van der Waals surface area (Å²) in [6, 6.07) is 15.1. The fourth-order valence-corrected chi connectivity index (χ4v) is 3.40. The Hall–Kier alpha value is -3.65. The topological polar surface area (TPSA) is 49.4 Å². The molecule has 2 amide bonds. The van der Waals surface area contributed by atoms with Gasteiger partial charge in [-0.05, 0) is 60.2 Å². The van der Waals surface area contributed by atoms with Gasteiger partial charge in [0.25, 0.3) is 11.8 Å². The first-order valence-electron chi connectivity index (χ1n) is 9.24. The minimum absolute atomic E-state index is 0.0246. The molecule has 9 heteroatoms. The molecule has 4 rings (SSSR count). The number of alkyl halides is 3. The number of halogens is 5. The van der Waals surface area contributed by atoms with Crippen LogP contribution >= 0.6 is 11.6 Å². The van der Waals surface area contributed by atoms with Crippen LogP contribution in [0.1, 0.15) is 11.1 Å². The Bertz CT molecular complexity index is 1240. The van der Waals surface area contributed by atoms with Gasteiger partial charge >= 0.3 is 6.18 Å². The molecule has 3 aromatic rings. The van der Waals surface area contributed by atoms with Gasteiger partial charge < -0.3 is 5.32 Å². The second-order valence-electron chi connectivity index (χ2n) is 6.88. The number of amides is 2. The van der Waals surface area contributed by atoms with E-state index in [1.54, 1.807) is 0 Å². The summed E-state index contributed by atoms with van der Waals surface area (Å²) >= 11 is 5.91. The van der Waals surface area contributed by atoms with Gasteiger partial charge in [0.05, 0.1) is 16.8 Å². The smallest absolute Gasteiger partial charge is 0.350 e. The van der Waals surface area contributed by atoms with E-state index in [0.717, 1.165) is 29.2 Å². The van der Waals surface area contributed by atoms with Crippen LogP contribution in [0, 0.1) is 5.82 Å². The molecule has 0 saturated heterocycles. The predicted octanol–water partition coefficient (Wildman–Crippen LogP) is 5.89. The average Bonchev–Trinajstić information content (AvgIpc) is 2.99. The van der Waals surface area contributed by atoms with Crippen molar-refractivity contribution in [1.82, 2.24) is 0 Å². The summed E-state index contributed by atoms with van der Waals surface area (Å²) in [5, 5.41) is 3.07. The Morgan fingerprint density at radius 3 is 2.12 bits per heavy atom. The predicted molar refractivity (Wildman–Crippen MR) is 112 cm³/mol. The Labute approximate surface area is 184 Å². The molecule has 32 heavy (non-hydrogen) atoms. The van der Waals surface area contributed by atoms with E-state index in [4.69, 9.17) is 11.6 Å². The number of hydrogen-bond acceptors (Lipinski definition) is 3. The number of carbonyl (C=O) groups is 2. The number of nitrogens with zero attached hydrogens (tertiary/aromatic N) is 1. The fraction of sp³-hybridized carbons (Fsp3) is 0.0435. The molecule has 0 saturated carbocycles. The third-order valence-corrected chi connectivity index (χ3v) is 5.01. The van der Waals surface area contributed by atoms with Gasteiger partial charge in [0.15, 0.2) is 0 Å². The van der Waals surface area contributed by atoms with Crippen molar-refractivity contribution in [2.24, 2.45) is 0 Å². The third kappa shape index (κ3) is 4.09. The van der Waals surface area contributed by atoms with Crippen LogP contribution in [0.3, 0.4) is 0 Å². The number of rotatable bonds is 4. The molecule has 0 spiro atoms. The average molecular weight is 461 g/mol. The quantitative estimate of drug-likeness (QED) is 0.390. The normalized spacial score (nSPS) is 14.3. The van der Waals surface area contributed by atoms with E-state index in [0.29, 0.717) is 10.6 Å². The van der Waals surface area contributed by atoms with Crippen LogP contribution < -0.4 is 10.2 Å². The lowest BCUT2D eigenvalue weighted by atomic mass is 10.0. The highest BCUT2D eigenvalue weighted by Crippen LogP contribution is 2.35. The van der Waals surface area contributed by atoms with E-state index in [1.165, 1.54) is 48.5 Å². The highest BCUT2D eigenvalue weighted by molar-refractivity contribution is 6.46. The first-order chi connectivity index (χ1) is 15.1. The third-order valence-electron chi connectivity index (χ3n) is 4.76. The van der Waals surface area contributed by atoms with Crippen LogP contribution in [0.25, 0.3) is 5.57 Å². The van der Waals surface area contributed by atoms with Crippen LogP contribution in [0.2, 0.25) is 5.02 Å². The molecular formula is C23H13ClF4N2O2. The largest absolute Gasteiger partial charge is 0.416 e. The van der Waals surface area contributed by atoms with Crippen LogP contribution in [0.15, 0.2) is 78.5 Å². The lowest BCUT2D eigenvalue weighted by Gasteiger charge is -2.15. The molecule has 0 bridgehead atoms. The van der Waals surface area contributed by atoms with Crippen molar-refractivity contribution in [3.05, 3.63) is 100 Å². The SMILES string of the molecule is O=C1C(Nc2cccc(C(F)(F)F)c2)=C(c2ccc(Cl)cc2)C(=O)N1c1ccc(F)cc1. The summed E-state index contributed by atoms with van der Waals surface area (Å²) in [7, 11) is 0. The molecule has 0 atom stereocenters. The summed E-state index contributed by atoms with van der Waals surface area (Å²) in [4.78, 5) is 27.2. The summed E-state index contributed by atoms with van der Waals surface area (Å²) < 4.78 is 52.6. The molecule has 162 valence electrons. The number of imide groups is 1. The van der Waals surface area contributed by atoms with Crippen molar-refractivity contribution in [3.8, 4) is 0 Å². The Morgan fingerprint density at radius 2 is 1.50 bits per heavy atom. The van der Waals surface area contributed by atoms with Crippen LogP contribution in [0.5, 0.6) is 0 Å². The second kappa shape index (κ2) is 8.12. The van der Waals surface area contributed by atoms with Crippen LogP contribution in [0.4, 0.5) is 28.9 Å². The van der Waals surface area contributed by atoms with E-state index in [-0.39, 0.29) is 22.6 Å². The molecule has 1 heterocycles. The monoisotopic (exact) mass is 460 g/mol. The summed E-state index contributed by atoms with van der Waals surface area (Å²) in [5.74, 6) is -2.05. The number of carbonyl (C=O) groups excluding carboxylic acids is 2. The zero-order valence-electron chi connectivity index (χ0n) is 16.1. The molecule has 1 aliphatic heterocycles. The Balaban J connectivity index is 1.81. The summed E-state index contributed by atoms with van der Waals surface area (Å²) in [6.07, 6.45) is -4.58. The van der Waals surface area contributed by atoms with Gasteiger partial charge in [-0.2, -0.15) is 13.2 Å². The van der Waals surface area contributed by atoms with Crippen molar-refractivity contribution < 1.29 is 27.2 Å². The van der Waals surface area contributed by atoms with Crippen molar-refractivity contribution in [1.29, 1.82) is 0 Å². The fourth-order valence-electron chi connectivity index (χ4n) is 3.27. The molecule has 0 radical (unpaired) electrons. The Kier molecular flexibility index (Phi) is 5.48. The molecule has 0 unspecified atom stereocenters. The minimum atomic E-state index is -4.58. The van der Waals surface area contributed by atoms with Gasteiger partial charge in [0.2, 0.25) is 0 Å². The van der Waals surface area contributed by atoms with Gasteiger partial charge in [0.1, 0.15) is 11.5 Å².